The minimum absolute atomic E-state index is 0. The van der Waals surface area contributed by atoms with Gasteiger partial charge in [0.1, 0.15) is 11.2 Å². The summed E-state index contributed by atoms with van der Waals surface area (Å²) in [7, 11) is 0. The molecule has 0 heterocycles. The van der Waals surface area contributed by atoms with E-state index < -0.39 is 29.4 Å². The van der Waals surface area contributed by atoms with Crippen molar-refractivity contribution < 1.29 is 49.0 Å². The van der Waals surface area contributed by atoms with Crippen LogP contribution in [0.25, 0.3) is 0 Å². The lowest BCUT2D eigenvalue weighted by molar-refractivity contribution is -0.138. The molecule has 0 bridgehead atoms. The second-order valence-electron chi connectivity index (χ2n) is 12.0. The van der Waals surface area contributed by atoms with Crippen molar-refractivity contribution in [2.24, 2.45) is 5.73 Å². The third-order valence-electron chi connectivity index (χ3n) is 5.55. The Morgan fingerprint density at radius 1 is 0.729 bits per heavy atom. The predicted octanol–water partition coefficient (Wildman–Crippen LogP) is 6.02. The van der Waals surface area contributed by atoms with Crippen LogP contribution in [0.2, 0.25) is 0 Å². The number of nitrogens with two attached hydrogens (primary N) is 1. The Bertz CT molecular complexity index is 1210. The van der Waals surface area contributed by atoms with E-state index in [1.165, 1.54) is 43.9 Å². The number of amides is 1. The number of phenolic OH excluding ortho intramolecular Hbond substituents is 4. The second-order valence-corrected chi connectivity index (χ2v) is 12.0. The number of rotatable bonds is 8. The summed E-state index contributed by atoms with van der Waals surface area (Å²) in [4.78, 5) is 34.5. The van der Waals surface area contributed by atoms with E-state index in [9.17, 15) is 19.5 Å². The van der Waals surface area contributed by atoms with E-state index in [1.807, 2.05) is 0 Å². The first-order valence-corrected chi connectivity index (χ1v) is 15.5. The van der Waals surface area contributed by atoms with Gasteiger partial charge in [-0.1, -0.05) is 32.9 Å². The average Bonchev–Trinajstić information content (AvgIpc) is 2.92. The molecule has 276 valence electrons. The summed E-state index contributed by atoms with van der Waals surface area (Å²) in [6, 6.07) is 9.28. The Morgan fingerprint density at radius 3 is 1.46 bits per heavy atom. The lowest BCUT2D eigenvalue weighted by Gasteiger charge is -2.19. The molecule has 48 heavy (non-hydrogen) atoms. The highest BCUT2D eigenvalue weighted by atomic mass is 35.5. The number of carbonyl (C=O) groups excluding carboxylic acids is 3. The third kappa shape index (κ3) is 27.2. The summed E-state index contributed by atoms with van der Waals surface area (Å²) in [6.45, 7) is 22.7. The number of alkyl carbamates (subject to hydrolysis) is 1. The molecule has 0 saturated carbocycles. The van der Waals surface area contributed by atoms with Crippen LogP contribution in [-0.2, 0) is 31.8 Å². The van der Waals surface area contributed by atoms with E-state index in [4.69, 9.17) is 25.8 Å². The fourth-order valence-corrected chi connectivity index (χ4v) is 3.30. The molecule has 1 amide bonds. The van der Waals surface area contributed by atoms with Crippen molar-refractivity contribution in [3.8, 4) is 23.0 Å². The van der Waals surface area contributed by atoms with Crippen LogP contribution in [0.15, 0.2) is 36.4 Å². The van der Waals surface area contributed by atoms with Gasteiger partial charge < -0.3 is 50.6 Å². The summed E-state index contributed by atoms with van der Waals surface area (Å²) in [5.74, 6) is -1.16. The van der Waals surface area contributed by atoms with Crippen molar-refractivity contribution >= 4 is 30.6 Å². The molecule has 14 heteroatoms. The number of benzene rings is 2. The van der Waals surface area contributed by atoms with Gasteiger partial charge in [-0.2, -0.15) is 0 Å². The summed E-state index contributed by atoms with van der Waals surface area (Å²) >= 11 is 0. The lowest BCUT2D eigenvalue weighted by atomic mass is 10.1. The highest BCUT2D eigenvalue weighted by Gasteiger charge is 2.18. The average molecular weight is 704 g/mol. The van der Waals surface area contributed by atoms with Crippen LogP contribution in [0.4, 0.5) is 9.59 Å². The standard InChI is InChI=1S/C13H19NO4.C8H11NO2.C7H12O4.C6H15N.ClH/c1-13(2,3)18-12(17)14-7-6-9-4-5-10(15)11(16)8-9;9-4-3-6-1-2-7(10)8(11)5-6;1-5(8)10-6(9)11-7(2,3)4;1-4-7(5-2)6-3;/h4-5,8,15-16H,6-7H2,1-3H3,(H,14,17);1-2,5,10-11H,3-4,9H2;1-4H3;4-6H2,1-3H3;1H. The number of hydrogen-bond acceptors (Lipinski definition) is 12. The molecule has 0 spiro atoms. The highest BCUT2D eigenvalue weighted by molar-refractivity contribution is 5.85. The molecule has 0 unspecified atom stereocenters. The van der Waals surface area contributed by atoms with Crippen LogP contribution in [0.3, 0.4) is 0 Å². The molecule has 0 fully saturated rings. The highest BCUT2D eigenvalue weighted by Crippen LogP contribution is 2.25. The van der Waals surface area contributed by atoms with Gasteiger partial charge in [0.15, 0.2) is 23.0 Å². The normalized spacial score (nSPS) is 10.3. The quantitative estimate of drug-likeness (QED) is 0.106. The first-order chi connectivity index (χ1) is 21.7. The van der Waals surface area contributed by atoms with Gasteiger partial charge in [-0.3, -0.25) is 4.79 Å². The number of carbonyl (C=O) groups is 3. The second kappa shape index (κ2) is 25.1. The van der Waals surface area contributed by atoms with Crippen molar-refractivity contribution in [1.29, 1.82) is 0 Å². The number of aromatic hydroxyl groups is 4. The number of halogens is 1. The summed E-state index contributed by atoms with van der Waals surface area (Å²) in [5, 5.41) is 39.0. The van der Waals surface area contributed by atoms with Crippen LogP contribution < -0.4 is 11.1 Å². The molecule has 2 aromatic rings. The van der Waals surface area contributed by atoms with E-state index in [0.29, 0.717) is 25.9 Å². The van der Waals surface area contributed by atoms with Gasteiger partial charge in [-0.05, 0) is 116 Å². The molecule has 2 aromatic carbocycles. The zero-order valence-corrected chi connectivity index (χ0v) is 30.9. The SMILES string of the molecule is CC(=O)OC(=O)OC(C)(C)C.CC(C)(C)OC(=O)NCCc1ccc(O)c(O)c1.CCN(CC)CC.Cl.NCCc1ccc(O)c(O)c1. The summed E-state index contributed by atoms with van der Waals surface area (Å²) in [5.41, 5.74) is 5.93. The van der Waals surface area contributed by atoms with Crippen molar-refractivity contribution in [3.05, 3.63) is 47.5 Å². The number of nitrogens with one attached hydrogen (secondary N) is 1. The largest absolute Gasteiger partial charge is 0.516 e. The van der Waals surface area contributed by atoms with Crippen LogP contribution >= 0.6 is 12.4 Å². The zero-order valence-electron chi connectivity index (χ0n) is 30.1. The van der Waals surface area contributed by atoms with Gasteiger partial charge in [0.2, 0.25) is 0 Å². The number of hydrogen-bond donors (Lipinski definition) is 6. The van der Waals surface area contributed by atoms with Crippen molar-refractivity contribution in [3.63, 3.8) is 0 Å². The molecule has 0 aliphatic rings. The van der Waals surface area contributed by atoms with Crippen molar-refractivity contribution in [2.75, 3.05) is 32.7 Å². The van der Waals surface area contributed by atoms with Crippen LogP contribution in [0.5, 0.6) is 23.0 Å². The van der Waals surface area contributed by atoms with Gasteiger partial charge in [-0.25, -0.2) is 9.59 Å². The maximum atomic E-state index is 11.3. The molecule has 13 nitrogen and oxygen atoms in total. The van der Waals surface area contributed by atoms with Gasteiger partial charge in [0.25, 0.3) is 0 Å². The van der Waals surface area contributed by atoms with Crippen molar-refractivity contribution in [2.45, 2.75) is 93.3 Å². The maximum absolute atomic E-state index is 11.3. The number of ether oxygens (including phenoxy) is 3. The van der Waals surface area contributed by atoms with E-state index in [0.717, 1.165) is 18.1 Å². The van der Waals surface area contributed by atoms with Gasteiger partial charge in [-0.15, -0.1) is 12.4 Å². The first kappa shape index (κ1) is 48.5. The fourth-order valence-electron chi connectivity index (χ4n) is 3.30. The van der Waals surface area contributed by atoms with Crippen LogP contribution in [0.1, 0.15) is 80.4 Å². The maximum Gasteiger partial charge on any atom is 0.516 e. The number of phenols is 4. The molecule has 0 aliphatic heterocycles. The Hall–Kier alpha value is -3.94. The Labute approximate surface area is 291 Å². The summed E-state index contributed by atoms with van der Waals surface area (Å²) < 4.78 is 13.9. The smallest absolute Gasteiger partial charge is 0.504 e. The Kier molecular flexibility index (Phi) is 25.4. The van der Waals surface area contributed by atoms with E-state index >= 15 is 0 Å². The monoisotopic (exact) mass is 703 g/mol. The Balaban J connectivity index is -0.000000591. The van der Waals surface area contributed by atoms with Gasteiger partial charge >= 0.3 is 18.2 Å². The first-order valence-electron chi connectivity index (χ1n) is 15.5. The molecule has 0 radical (unpaired) electrons. The van der Waals surface area contributed by atoms with E-state index in [-0.39, 0.29) is 35.4 Å². The number of esters is 1. The molecular formula is C34H58ClN3O10. The minimum atomic E-state index is -0.954. The van der Waals surface area contributed by atoms with Gasteiger partial charge in [0.05, 0.1) is 0 Å². The fraction of sp³-hybridized carbons (Fsp3) is 0.559. The Morgan fingerprint density at radius 2 is 1.15 bits per heavy atom. The van der Waals surface area contributed by atoms with E-state index in [2.05, 4.69) is 40.5 Å². The molecule has 2 rings (SSSR count). The predicted molar refractivity (Wildman–Crippen MR) is 189 cm³/mol. The molecular weight excluding hydrogens is 646 g/mol. The van der Waals surface area contributed by atoms with Crippen LogP contribution in [0, 0.1) is 0 Å². The van der Waals surface area contributed by atoms with Gasteiger partial charge in [0, 0.05) is 13.5 Å². The lowest BCUT2D eigenvalue weighted by Crippen LogP contribution is -2.33. The molecule has 0 aromatic heterocycles. The molecule has 7 N–H and O–H groups in total. The molecule has 0 saturated heterocycles. The topological polar surface area (TPSA) is 201 Å². The number of nitrogens with zero attached hydrogens (tertiary/aromatic N) is 1. The summed E-state index contributed by atoms with van der Waals surface area (Å²) in [6.07, 6.45) is -0.156. The third-order valence-corrected chi connectivity index (χ3v) is 5.55. The minimum Gasteiger partial charge on any atom is -0.504 e. The van der Waals surface area contributed by atoms with E-state index in [1.54, 1.807) is 53.7 Å². The van der Waals surface area contributed by atoms with Crippen molar-refractivity contribution in [1.82, 2.24) is 10.2 Å². The molecule has 0 atom stereocenters. The zero-order chi connectivity index (χ0) is 36.8. The molecule has 0 aliphatic carbocycles. The van der Waals surface area contributed by atoms with Crippen LogP contribution in [-0.4, -0.2) is 87.5 Å².